The van der Waals surface area contributed by atoms with Gasteiger partial charge in [0.2, 0.25) is 0 Å². The fourth-order valence-electron chi connectivity index (χ4n) is 1.51. The molecule has 0 bridgehead atoms. The van der Waals surface area contributed by atoms with Crippen molar-refractivity contribution < 1.29 is 4.68 Å². The summed E-state index contributed by atoms with van der Waals surface area (Å²) in [5.74, 6) is 0.462. The predicted octanol–water partition coefficient (Wildman–Crippen LogP) is 0.110. The van der Waals surface area contributed by atoms with E-state index in [4.69, 9.17) is 11.0 Å². The minimum atomic E-state index is 0.374. The molecule has 0 aliphatic heterocycles. The van der Waals surface area contributed by atoms with Crippen LogP contribution in [0.1, 0.15) is 12.0 Å². The van der Waals surface area contributed by atoms with Crippen LogP contribution in [0.15, 0.2) is 30.3 Å². The number of anilines is 1. The summed E-state index contributed by atoms with van der Waals surface area (Å²) >= 11 is 0. The molecule has 2 aromatic rings. The van der Waals surface area contributed by atoms with Crippen LogP contribution in [-0.2, 0) is 13.1 Å². The maximum atomic E-state index is 8.50. The molecule has 0 aliphatic rings. The van der Waals surface area contributed by atoms with E-state index in [0.717, 1.165) is 5.56 Å². The number of nitrogens with zero attached hydrogens (tertiary/aromatic N) is 5. The van der Waals surface area contributed by atoms with E-state index in [0.29, 0.717) is 25.5 Å². The quantitative estimate of drug-likeness (QED) is 0.754. The molecule has 86 valence electrons. The minimum Gasteiger partial charge on any atom is -0.306 e. The number of hydrogen-bond acceptors (Lipinski definition) is 4. The summed E-state index contributed by atoms with van der Waals surface area (Å²) < 4.78 is 3.15. The SMILES string of the molecule is N#CCCn1nn[n+](Cc2ccccc2)c1N. The Bertz CT molecular complexity index is 525. The first-order valence-electron chi connectivity index (χ1n) is 5.31. The molecular formula is C11H13N6+. The third kappa shape index (κ3) is 2.58. The van der Waals surface area contributed by atoms with Crippen molar-refractivity contribution in [2.45, 2.75) is 19.5 Å². The Kier molecular flexibility index (Phi) is 3.31. The van der Waals surface area contributed by atoms with Gasteiger partial charge >= 0.3 is 5.95 Å². The molecule has 0 fully saturated rings. The van der Waals surface area contributed by atoms with Crippen molar-refractivity contribution in [2.75, 3.05) is 5.73 Å². The molecule has 0 spiro atoms. The fraction of sp³-hybridized carbons (Fsp3) is 0.273. The number of nitrogen functional groups attached to an aromatic ring is 1. The molecule has 2 rings (SSSR count). The summed E-state index contributed by atoms with van der Waals surface area (Å²) in [5.41, 5.74) is 6.99. The molecule has 17 heavy (non-hydrogen) atoms. The smallest absolute Gasteiger partial charge is 0.306 e. The van der Waals surface area contributed by atoms with Crippen molar-refractivity contribution in [2.24, 2.45) is 0 Å². The Labute approximate surface area is 98.9 Å². The number of hydrogen-bond donors (Lipinski definition) is 1. The number of nitrogens with two attached hydrogens (primary N) is 1. The lowest BCUT2D eigenvalue weighted by Gasteiger charge is -1.97. The molecule has 1 aromatic heterocycles. The van der Waals surface area contributed by atoms with Crippen molar-refractivity contribution in [3.05, 3.63) is 35.9 Å². The normalized spacial score (nSPS) is 10.1. The van der Waals surface area contributed by atoms with Gasteiger partial charge in [0.1, 0.15) is 18.3 Å². The summed E-state index contributed by atoms with van der Waals surface area (Å²) in [5, 5.41) is 16.4. The molecule has 1 heterocycles. The molecule has 0 aliphatic carbocycles. The third-order valence-electron chi connectivity index (χ3n) is 2.40. The summed E-state index contributed by atoms with van der Waals surface area (Å²) in [6.07, 6.45) is 0.374. The number of aromatic nitrogens is 4. The highest BCUT2D eigenvalue weighted by Crippen LogP contribution is 1.99. The fourth-order valence-corrected chi connectivity index (χ4v) is 1.51. The highest BCUT2D eigenvalue weighted by Gasteiger charge is 2.15. The monoisotopic (exact) mass is 229 g/mol. The van der Waals surface area contributed by atoms with Crippen LogP contribution in [-0.4, -0.2) is 15.1 Å². The first-order valence-corrected chi connectivity index (χ1v) is 5.31. The molecule has 2 N–H and O–H groups in total. The Balaban J connectivity index is 2.13. The molecule has 6 nitrogen and oxygen atoms in total. The van der Waals surface area contributed by atoms with Gasteiger partial charge in [-0.05, 0) is 5.56 Å². The van der Waals surface area contributed by atoms with Crippen molar-refractivity contribution >= 4 is 5.95 Å². The Morgan fingerprint density at radius 1 is 1.35 bits per heavy atom. The average Bonchev–Trinajstić information content (AvgIpc) is 2.70. The van der Waals surface area contributed by atoms with Crippen molar-refractivity contribution in [3.8, 4) is 6.07 Å². The van der Waals surface area contributed by atoms with E-state index in [1.807, 2.05) is 36.4 Å². The van der Waals surface area contributed by atoms with Crippen LogP contribution in [0.5, 0.6) is 0 Å². The van der Waals surface area contributed by atoms with Gasteiger partial charge in [-0.1, -0.05) is 35.0 Å². The van der Waals surface area contributed by atoms with Crippen LogP contribution in [0.2, 0.25) is 0 Å². The first kappa shape index (κ1) is 11.1. The largest absolute Gasteiger partial charge is 0.362 e. The van der Waals surface area contributed by atoms with Gasteiger partial charge in [0.05, 0.1) is 17.7 Å². The lowest BCUT2D eigenvalue weighted by atomic mass is 10.2. The minimum absolute atomic E-state index is 0.374. The van der Waals surface area contributed by atoms with Crippen LogP contribution in [0.25, 0.3) is 0 Å². The van der Waals surface area contributed by atoms with Gasteiger partial charge in [-0.3, -0.25) is 0 Å². The maximum absolute atomic E-state index is 8.50. The van der Waals surface area contributed by atoms with Gasteiger partial charge in [0.25, 0.3) is 0 Å². The van der Waals surface area contributed by atoms with Crippen LogP contribution >= 0.6 is 0 Å². The second kappa shape index (κ2) is 5.07. The number of aryl methyl sites for hydroxylation is 1. The Hall–Kier alpha value is -2.42. The van der Waals surface area contributed by atoms with E-state index in [2.05, 4.69) is 10.4 Å². The summed E-state index contributed by atoms with van der Waals surface area (Å²) in [7, 11) is 0. The van der Waals surface area contributed by atoms with Crippen LogP contribution in [0, 0.1) is 11.3 Å². The van der Waals surface area contributed by atoms with Gasteiger partial charge in [0, 0.05) is 0 Å². The number of tetrazole rings is 1. The van der Waals surface area contributed by atoms with E-state index >= 15 is 0 Å². The van der Waals surface area contributed by atoms with E-state index in [-0.39, 0.29) is 0 Å². The standard InChI is InChI=1S/C11H12N6/c12-7-4-8-16-11(13)17(15-14-16)9-10-5-2-1-3-6-10/h1-3,5-6,13H,4,8-9H2/p+1. The Morgan fingerprint density at radius 2 is 2.12 bits per heavy atom. The van der Waals surface area contributed by atoms with E-state index in [1.54, 1.807) is 4.68 Å². The lowest BCUT2D eigenvalue weighted by molar-refractivity contribution is -0.733. The van der Waals surface area contributed by atoms with Gasteiger partial charge in [-0.2, -0.15) is 5.26 Å². The zero-order valence-corrected chi connectivity index (χ0v) is 9.32. The average molecular weight is 229 g/mol. The molecule has 0 radical (unpaired) electrons. The molecule has 0 saturated heterocycles. The zero-order valence-electron chi connectivity index (χ0n) is 9.32. The molecule has 6 heteroatoms. The third-order valence-corrected chi connectivity index (χ3v) is 2.40. The van der Waals surface area contributed by atoms with E-state index in [9.17, 15) is 0 Å². The molecule has 1 aromatic carbocycles. The number of rotatable bonds is 4. The van der Waals surface area contributed by atoms with Crippen molar-refractivity contribution in [1.82, 2.24) is 15.1 Å². The topological polar surface area (TPSA) is 84.4 Å². The molecule has 0 unspecified atom stereocenters. The van der Waals surface area contributed by atoms with Crippen LogP contribution < -0.4 is 10.4 Å². The number of benzene rings is 1. The zero-order chi connectivity index (χ0) is 12.1. The first-order chi connectivity index (χ1) is 8.31. The summed E-state index contributed by atoms with van der Waals surface area (Å²) in [6.45, 7) is 1.05. The second-order valence-electron chi connectivity index (χ2n) is 3.61. The molecular weight excluding hydrogens is 216 g/mol. The van der Waals surface area contributed by atoms with Crippen LogP contribution in [0.3, 0.4) is 0 Å². The maximum Gasteiger partial charge on any atom is 0.362 e. The van der Waals surface area contributed by atoms with E-state index < -0.39 is 0 Å². The molecule has 0 saturated carbocycles. The number of nitriles is 1. The van der Waals surface area contributed by atoms with Crippen molar-refractivity contribution in [1.29, 1.82) is 5.26 Å². The van der Waals surface area contributed by atoms with Crippen molar-refractivity contribution in [3.63, 3.8) is 0 Å². The highest BCUT2D eigenvalue weighted by molar-refractivity contribution is 5.14. The van der Waals surface area contributed by atoms with E-state index in [1.165, 1.54) is 4.68 Å². The molecule has 0 atom stereocenters. The van der Waals surface area contributed by atoms with Gasteiger partial charge in [-0.15, -0.1) is 4.68 Å². The highest BCUT2D eigenvalue weighted by atomic mass is 15.6. The predicted molar refractivity (Wildman–Crippen MR) is 60.4 cm³/mol. The van der Waals surface area contributed by atoms with Gasteiger partial charge < -0.3 is 5.73 Å². The van der Waals surface area contributed by atoms with Gasteiger partial charge in [-0.25, -0.2) is 0 Å². The lowest BCUT2D eigenvalue weighted by Crippen LogP contribution is -2.39. The summed E-state index contributed by atoms with van der Waals surface area (Å²) in [4.78, 5) is 0. The Morgan fingerprint density at radius 3 is 2.82 bits per heavy atom. The molecule has 0 amide bonds. The van der Waals surface area contributed by atoms with Crippen LogP contribution in [0.4, 0.5) is 5.95 Å². The summed E-state index contributed by atoms with van der Waals surface area (Å²) in [6, 6.07) is 11.9. The van der Waals surface area contributed by atoms with Gasteiger partial charge in [0.15, 0.2) is 0 Å². The second-order valence-corrected chi connectivity index (χ2v) is 3.61.